The summed E-state index contributed by atoms with van der Waals surface area (Å²) in [7, 11) is -1.23. The van der Waals surface area contributed by atoms with Gasteiger partial charge < -0.3 is 9.47 Å². The molecule has 6 heteroatoms. The Bertz CT molecular complexity index is 564. The number of esters is 1. The van der Waals surface area contributed by atoms with Crippen LogP contribution in [0.3, 0.4) is 0 Å². The van der Waals surface area contributed by atoms with E-state index in [1.807, 2.05) is 6.07 Å². The van der Waals surface area contributed by atoms with Crippen molar-refractivity contribution in [3.63, 3.8) is 0 Å². The summed E-state index contributed by atoms with van der Waals surface area (Å²) < 4.78 is 10.0. The van der Waals surface area contributed by atoms with E-state index in [4.69, 9.17) is 9.47 Å². The second-order valence-corrected chi connectivity index (χ2v) is 11.9. The van der Waals surface area contributed by atoms with Gasteiger partial charge in [-0.2, -0.15) is 0 Å². The Morgan fingerprint density at radius 3 is 2.52 bits per heavy atom. The molecule has 1 aromatic carbocycles. The Labute approximate surface area is 138 Å². The first-order valence-corrected chi connectivity index (χ1v) is 11.4. The molecule has 1 amide bonds. The fourth-order valence-corrected chi connectivity index (χ4v) is 2.41. The summed E-state index contributed by atoms with van der Waals surface area (Å²) >= 11 is 0. The van der Waals surface area contributed by atoms with Crippen LogP contribution in [0.2, 0.25) is 25.7 Å². The van der Waals surface area contributed by atoms with Crippen LogP contribution in [0.25, 0.3) is 6.08 Å². The molecule has 0 aliphatic carbocycles. The minimum absolute atomic E-state index is 0.326. The van der Waals surface area contributed by atoms with Gasteiger partial charge in [-0.05, 0) is 30.7 Å². The van der Waals surface area contributed by atoms with Crippen molar-refractivity contribution in [2.45, 2.75) is 32.6 Å². The van der Waals surface area contributed by atoms with Gasteiger partial charge >= 0.3 is 12.1 Å². The van der Waals surface area contributed by atoms with Gasteiger partial charge in [-0.3, -0.25) is 5.32 Å². The lowest BCUT2D eigenvalue weighted by molar-refractivity contribution is -0.137. The predicted octanol–water partition coefficient (Wildman–Crippen LogP) is 4.15. The van der Waals surface area contributed by atoms with Crippen molar-refractivity contribution in [1.29, 1.82) is 0 Å². The lowest BCUT2D eigenvalue weighted by Crippen LogP contribution is -2.24. The van der Waals surface area contributed by atoms with Crippen LogP contribution >= 0.6 is 0 Å². The van der Waals surface area contributed by atoms with Gasteiger partial charge in [0.25, 0.3) is 0 Å². The van der Waals surface area contributed by atoms with E-state index in [1.54, 1.807) is 31.2 Å². The minimum Gasteiger partial charge on any atom is -0.463 e. The monoisotopic (exact) mass is 335 g/mol. The van der Waals surface area contributed by atoms with Crippen LogP contribution in [-0.2, 0) is 14.3 Å². The fraction of sp³-hybridized carbons (Fsp3) is 0.412. The number of hydrogen-bond donors (Lipinski definition) is 1. The highest BCUT2D eigenvalue weighted by molar-refractivity contribution is 6.76. The first-order valence-electron chi connectivity index (χ1n) is 7.69. The van der Waals surface area contributed by atoms with Crippen molar-refractivity contribution in [1.82, 2.24) is 0 Å². The molecular formula is C17H25NO4Si. The fourth-order valence-electron chi connectivity index (χ4n) is 1.70. The van der Waals surface area contributed by atoms with E-state index in [9.17, 15) is 9.59 Å². The van der Waals surface area contributed by atoms with E-state index >= 15 is 0 Å². The molecule has 0 heterocycles. The number of benzene rings is 1. The summed E-state index contributed by atoms with van der Waals surface area (Å²) in [5.74, 6) is -0.417. The highest BCUT2D eigenvalue weighted by atomic mass is 28.3. The molecule has 0 atom stereocenters. The molecular weight excluding hydrogens is 310 g/mol. The molecule has 0 saturated carbocycles. The normalized spacial score (nSPS) is 11.3. The Balaban J connectivity index is 2.63. The third kappa shape index (κ3) is 8.20. The number of nitrogens with one attached hydrogen (secondary N) is 1. The predicted molar refractivity (Wildman–Crippen MR) is 95.2 cm³/mol. The van der Waals surface area contributed by atoms with Gasteiger partial charge in [-0.1, -0.05) is 37.8 Å². The second-order valence-electron chi connectivity index (χ2n) is 6.24. The van der Waals surface area contributed by atoms with Gasteiger partial charge in [0.05, 0.1) is 18.9 Å². The summed E-state index contributed by atoms with van der Waals surface area (Å²) in [5.41, 5.74) is 1.30. The molecule has 0 aliphatic heterocycles. The Kier molecular flexibility index (Phi) is 7.54. The van der Waals surface area contributed by atoms with Crippen LogP contribution in [0, 0.1) is 0 Å². The summed E-state index contributed by atoms with van der Waals surface area (Å²) in [6.07, 6.45) is 2.45. The van der Waals surface area contributed by atoms with E-state index < -0.39 is 20.1 Å². The first kappa shape index (κ1) is 19.0. The average Bonchev–Trinajstić information content (AvgIpc) is 2.45. The molecule has 0 aromatic heterocycles. The number of carbonyl (C=O) groups is 2. The molecule has 1 aromatic rings. The number of para-hydroxylation sites is 1. The van der Waals surface area contributed by atoms with Crippen molar-refractivity contribution in [2.24, 2.45) is 0 Å². The molecule has 5 nitrogen and oxygen atoms in total. The van der Waals surface area contributed by atoms with Gasteiger partial charge in [-0.15, -0.1) is 0 Å². The Morgan fingerprint density at radius 1 is 1.17 bits per heavy atom. The molecule has 126 valence electrons. The summed E-state index contributed by atoms with van der Waals surface area (Å²) in [6, 6.07) is 8.11. The van der Waals surface area contributed by atoms with Gasteiger partial charge in [0.2, 0.25) is 0 Å². The lowest BCUT2D eigenvalue weighted by atomic mass is 10.1. The zero-order valence-electron chi connectivity index (χ0n) is 14.2. The van der Waals surface area contributed by atoms with Crippen molar-refractivity contribution >= 4 is 31.9 Å². The van der Waals surface area contributed by atoms with Gasteiger partial charge in [0, 0.05) is 14.1 Å². The van der Waals surface area contributed by atoms with Crippen molar-refractivity contribution in [2.75, 3.05) is 18.5 Å². The van der Waals surface area contributed by atoms with Gasteiger partial charge in [-0.25, -0.2) is 9.59 Å². The largest absolute Gasteiger partial charge is 0.463 e. The second kappa shape index (κ2) is 9.15. The molecule has 0 radical (unpaired) electrons. The van der Waals surface area contributed by atoms with E-state index in [0.29, 0.717) is 24.5 Å². The van der Waals surface area contributed by atoms with Crippen LogP contribution in [-0.4, -0.2) is 33.4 Å². The molecule has 0 saturated heterocycles. The lowest BCUT2D eigenvalue weighted by Gasteiger charge is -2.15. The molecule has 0 bridgehead atoms. The number of carbonyl (C=O) groups excluding carboxylic acids is 2. The SMILES string of the molecule is CCOC(=O)/C=C/c1ccccc1NC(=O)OCC[Si](C)(C)C. The topological polar surface area (TPSA) is 64.6 Å². The quantitative estimate of drug-likeness (QED) is 0.462. The van der Waals surface area contributed by atoms with Crippen molar-refractivity contribution < 1.29 is 19.1 Å². The van der Waals surface area contributed by atoms with Crippen LogP contribution in [0.15, 0.2) is 30.3 Å². The molecule has 0 unspecified atom stereocenters. The molecule has 0 aliphatic rings. The highest BCUT2D eigenvalue weighted by Crippen LogP contribution is 2.17. The molecule has 1 N–H and O–H groups in total. The van der Waals surface area contributed by atoms with Crippen LogP contribution in [0.4, 0.5) is 10.5 Å². The highest BCUT2D eigenvalue weighted by Gasteiger charge is 2.14. The van der Waals surface area contributed by atoms with E-state index in [1.165, 1.54) is 6.08 Å². The van der Waals surface area contributed by atoms with E-state index in [0.717, 1.165) is 6.04 Å². The first-order chi connectivity index (χ1) is 10.8. The molecule has 0 fully saturated rings. The van der Waals surface area contributed by atoms with Crippen molar-refractivity contribution in [3.8, 4) is 0 Å². The van der Waals surface area contributed by atoms with Crippen LogP contribution < -0.4 is 5.32 Å². The number of ether oxygens (including phenoxy) is 2. The maximum Gasteiger partial charge on any atom is 0.411 e. The average molecular weight is 335 g/mol. The maximum absolute atomic E-state index is 11.9. The third-order valence-electron chi connectivity index (χ3n) is 2.97. The van der Waals surface area contributed by atoms with Crippen LogP contribution in [0.5, 0.6) is 0 Å². The minimum atomic E-state index is -1.23. The number of anilines is 1. The maximum atomic E-state index is 11.9. The van der Waals surface area contributed by atoms with Gasteiger partial charge in [0.1, 0.15) is 0 Å². The van der Waals surface area contributed by atoms with Crippen LogP contribution in [0.1, 0.15) is 12.5 Å². The number of hydrogen-bond acceptors (Lipinski definition) is 4. The summed E-state index contributed by atoms with van der Waals surface area (Å²) in [6.45, 7) is 9.17. The molecule has 1 rings (SSSR count). The standard InChI is InChI=1S/C17H25NO4Si/c1-5-21-16(19)11-10-14-8-6-7-9-15(14)18-17(20)22-12-13-23(2,3)4/h6-11H,5,12-13H2,1-4H3,(H,18,20)/b11-10+. The Morgan fingerprint density at radius 2 is 1.87 bits per heavy atom. The molecule has 23 heavy (non-hydrogen) atoms. The third-order valence-corrected chi connectivity index (χ3v) is 4.67. The summed E-state index contributed by atoms with van der Waals surface area (Å²) in [5, 5.41) is 2.70. The summed E-state index contributed by atoms with van der Waals surface area (Å²) in [4.78, 5) is 23.2. The zero-order chi connectivity index (χ0) is 17.3. The van der Waals surface area contributed by atoms with E-state index in [-0.39, 0.29) is 0 Å². The zero-order valence-corrected chi connectivity index (χ0v) is 15.2. The van der Waals surface area contributed by atoms with Gasteiger partial charge in [0.15, 0.2) is 0 Å². The molecule has 0 spiro atoms. The van der Waals surface area contributed by atoms with E-state index in [2.05, 4.69) is 25.0 Å². The number of amides is 1. The van der Waals surface area contributed by atoms with Crippen molar-refractivity contribution in [3.05, 3.63) is 35.9 Å². The smallest absolute Gasteiger partial charge is 0.411 e. The number of rotatable bonds is 7. The Hall–Kier alpha value is -2.08.